The van der Waals surface area contributed by atoms with Crippen LogP contribution in [0, 0.1) is 0 Å². The average molecular weight is 2030 g/mol. The second kappa shape index (κ2) is 35.4. The summed E-state index contributed by atoms with van der Waals surface area (Å²) in [6, 6.07) is 181. The van der Waals surface area contributed by atoms with Crippen LogP contribution in [-0.4, -0.2) is 28.8 Å². The van der Waals surface area contributed by atoms with Crippen molar-refractivity contribution in [3.63, 3.8) is 0 Å². The van der Waals surface area contributed by atoms with E-state index in [4.69, 9.17) is 0 Å². The van der Waals surface area contributed by atoms with Crippen LogP contribution in [0.15, 0.2) is 504 Å². The Bertz CT molecular complexity index is 9990. The third-order valence-electron chi connectivity index (χ3n) is 33.4. The molecule has 0 radical (unpaired) electrons. The van der Waals surface area contributed by atoms with Crippen LogP contribution in [0.5, 0.6) is 0 Å². The lowest BCUT2D eigenvalue weighted by Crippen LogP contribution is -2.67. The Morgan fingerprint density at radius 2 is 0.587 bits per heavy atom. The molecule has 24 aromatic carbocycles. The maximum absolute atomic E-state index is 16.6. The van der Waals surface area contributed by atoms with Crippen molar-refractivity contribution in [2.45, 2.75) is 58.5 Å². The maximum atomic E-state index is 16.6. The lowest BCUT2D eigenvalue weighted by atomic mass is 9.73. The first-order valence-electron chi connectivity index (χ1n) is 52.1. The molecule has 5 heterocycles. The lowest BCUT2D eigenvalue weighted by Gasteiger charge is -2.42. The zero-order valence-electron chi connectivity index (χ0n) is 84.9. The largest absolute Gasteiger partial charge is 0.310 e. The van der Waals surface area contributed by atoms with Gasteiger partial charge >= 0.3 is 0 Å². The summed E-state index contributed by atoms with van der Waals surface area (Å²) in [5, 5.41) is 35.2. The fourth-order valence-corrected chi connectivity index (χ4v) is 51.2. The van der Waals surface area contributed by atoms with Gasteiger partial charge < -0.3 is 23.2 Å². The monoisotopic (exact) mass is 2030 g/mol. The van der Waals surface area contributed by atoms with Crippen LogP contribution in [0.25, 0.3) is 147 Å². The second-order valence-corrected chi connectivity index (χ2v) is 64.0. The van der Waals surface area contributed by atoms with Gasteiger partial charge in [-0.3, -0.25) is 0 Å². The van der Waals surface area contributed by atoms with Gasteiger partial charge in [0.1, 0.15) is 24.2 Å². The summed E-state index contributed by atoms with van der Waals surface area (Å²) in [4.78, 5) is 2.42. The second-order valence-electron chi connectivity index (χ2n) is 43.0. The first kappa shape index (κ1) is 92.6. The molecule has 4 aliphatic rings. The van der Waals surface area contributed by atoms with Crippen LogP contribution < -0.4 is 83.8 Å². The van der Waals surface area contributed by atoms with Gasteiger partial charge in [-0.1, -0.05) is 490 Å². The van der Waals surface area contributed by atoms with Crippen molar-refractivity contribution in [2.24, 2.45) is 0 Å². The molecule has 1 aromatic heterocycles. The number of hydrogen-bond donors (Lipinski definition) is 0. The molecule has 0 amide bonds. The number of para-hydroxylation sites is 4. The van der Waals surface area contributed by atoms with Crippen molar-refractivity contribution in [3.05, 3.63) is 515 Å². The van der Waals surface area contributed by atoms with Crippen LogP contribution in [0.4, 0.5) is 17.1 Å². The van der Waals surface area contributed by atoms with E-state index in [1.165, 1.54) is 141 Å². The van der Waals surface area contributed by atoms with Gasteiger partial charge in [0.25, 0.3) is 0 Å². The summed E-state index contributed by atoms with van der Waals surface area (Å²) in [6.45, 7) is 19.2. The van der Waals surface area contributed by atoms with Crippen molar-refractivity contribution >= 4 is 239 Å². The van der Waals surface area contributed by atoms with Crippen LogP contribution in [-0.2, 0) is 19.1 Å². The molecule has 0 aliphatic carbocycles. The van der Waals surface area contributed by atoms with Gasteiger partial charge in [0.05, 0.1) is 22.4 Å². The molecule has 3 atom stereocenters. The predicted octanol–water partition coefficient (Wildman–Crippen LogP) is 29.3. The fourth-order valence-electron chi connectivity index (χ4n) is 26.0. The smallest absolute Gasteiger partial charge is 0.172 e. The molecule has 5 nitrogen and oxygen atoms in total. The Hall–Kier alpha value is -16.0. The quantitative estimate of drug-likeness (QED) is 0.0821. The molecule has 0 bridgehead atoms. The molecule has 150 heavy (non-hydrogen) atoms. The SMILES string of the molecule is CC1(C)c2ccccc2N(c2cccc(-c3ccc4c(c3)[Si](C)(C)c3ccccc3P4(=O)c3c4ccccc4cc4ccccc34)c2)c2ccccc21.C[Si]1(C)c2ccccc2P(=O)(c2ccc3ccccc3c2)c2ccc(-c3c4ccccc4c(-c4cccc5ccccc45)c4ccccc34)cc21.C[Si]1(C)c2ccccc2P(=O)(c2cccc3ccccc23)c2ccc(-c3ccc4c(c3)c3ccccc3n4-c3ccccc3)cc21. The van der Waals surface area contributed by atoms with Gasteiger partial charge in [-0.15, -0.1) is 0 Å². The van der Waals surface area contributed by atoms with Crippen molar-refractivity contribution in [1.82, 2.24) is 4.57 Å². The van der Waals surface area contributed by atoms with E-state index >= 15 is 13.7 Å². The van der Waals surface area contributed by atoms with Crippen molar-refractivity contribution < 1.29 is 13.7 Å². The maximum Gasteiger partial charge on any atom is 0.172 e. The van der Waals surface area contributed by atoms with Gasteiger partial charge in [-0.05, 0) is 229 Å². The first-order chi connectivity index (χ1) is 73.1. The van der Waals surface area contributed by atoms with E-state index in [9.17, 15) is 0 Å². The molecule has 3 unspecified atom stereocenters. The topological polar surface area (TPSA) is 59.4 Å². The molecular weight excluding hydrogens is 1920 g/mol. The lowest BCUT2D eigenvalue weighted by molar-refractivity contribution is 0.592. The number of fused-ring (bicyclic) bond motifs is 18. The highest BCUT2D eigenvalue weighted by atomic mass is 31.2. The molecule has 718 valence electrons. The molecule has 0 spiro atoms. The van der Waals surface area contributed by atoms with E-state index in [1.54, 1.807) is 0 Å². The highest BCUT2D eigenvalue weighted by Gasteiger charge is 2.51. The van der Waals surface area contributed by atoms with Crippen LogP contribution in [0.1, 0.15) is 25.0 Å². The van der Waals surface area contributed by atoms with Gasteiger partial charge in [0.2, 0.25) is 0 Å². The molecule has 25 aromatic rings. The highest BCUT2D eigenvalue weighted by Crippen LogP contribution is 2.56. The zero-order valence-corrected chi connectivity index (χ0v) is 90.6. The van der Waals surface area contributed by atoms with Crippen molar-refractivity contribution in [2.75, 3.05) is 4.90 Å². The van der Waals surface area contributed by atoms with Crippen LogP contribution in [0.3, 0.4) is 0 Å². The third kappa shape index (κ3) is 14.2. The Morgan fingerprint density at radius 1 is 0.213 bits per heavy atom. The van der Waals surface area contributed by atoms with E-state index in [0.29, 0.717) is 0 Å². The van der Waals surface area contributed by atoms with Crippen molar-refractivity contribution in [1.29, 1.82) is 0 Å². The van der Waals surface area contributed by atoms with Crippen LogP contribution >= 0.6 is 21.4 Å². The number of nitrogens with zero attached hydrogens (tertiary/aromatic N) is 2. The number of anilines is 3. The number of aromatic nitrogens is 1. The number of rotatable bonds is 9. The Labute approximate surface area is 878 Å². The number of hydrogen-bond acceptors (Lipinski definition) is 4. The summed E-state index contributed by atoms with van der Waals surface area (Å²) in [5.74, 6) is 0. The Kier molecular flexibility index (Phi) is 21.8. The van der Waals surface area contributed by atoms with E-state index in [1.807, 2.05) is 0 Å². The van der Waals surface area contributed by atoms with Crippen LogP contribution in [0.2, 0.25) is 39.3 Å². The molecule has 0 fully saturated rings. The predicted molar refractivity (Wildman–Crippen MR) is 653 cm³/mol. The molecule has 11 heteroatoms. The van der Waals surface area contributed by atoms with E-state index in [-0.39, 0.29) is 5.41 Å². The Balaban J connectivity index is 0.000000111. The highest BCUT2D eigenvalue weighted by molar-refractivity contribution is 7.88. The summed E-state index contributed by atoms with van der Waals surface area (Å²) in [6.07, 6.45) is 0. The summed E-state index contributed by atoms with van der Waals surface area (Å²) in [7, 11) is -16.4. The molecule has 4 aliphatic heterocycles. The van der Waals surface area contributed by atoms with Gasteiger partial charge in [0.15, 0.2) is 21.4 Å². The molecule has 0 N–H and O–H groups in total. The molecule has 0 saturated heterocycles. The first-order valence-corrected chi connectivity index (χ1v) is 66.3. The summed E-state index contributed by atoms with van der Waals surface area (Å²) < 4.78 is 50.9. The molecule has 29 rings (SSSR count). The minimum Gasteiger partial charge on any atom is -0.310 e. The molecule has 0 saturated carbocycles. The Morgan fingerprint density at radius 3 is 1.17 bits per heavy atom. The van der Waals surface area contributed by atoms with Crippen molar-refractivity contribution in [3.8, 4) is 50.2 Å². The minimum atomic E-state index is -3.32. The van der Waals surface area contributed by atoms with Gasteiger partial charge in [0, 0.05) is 75.3 Å². The number of benzene rings is 24. The van der Waals surface area contributed by atoms with E-state index in [0.717, 1.165) is 113 Å². The standard InChI is InChI=1S/C49H40NOPSi.C48H35OPSi.C42H32NOPSi/c1-49(2)40-22-9-11-24-42(40)50(43-25-12-10-23-41(43)49)37-19-15-18-33(31-37)34-28-29-45-47(32-34)53(3,4)46-27-14-13-26-44(46)52(45,51)48-38-20-7-5-16-35(38)30-36-17-6-8-21-39(36)48;1-51(2)45-25-12-11-24-43(45)50(49,36-28-26-32-14-3-4-16-34(32)30-36)44-29-27-35(31-46(44)51)47-39-19-7-9-21-41(39)48(42-22-10-8-20-40(42)47)38-23-13-17-33-15-5-6-18-37(33)38;1-46(2)41-22-11-10-20-39(41)45(44,38-21-12-14-29-13-6-7-17-33(29)38)40-26-24-31(28-42(40)46)30-23-25-37-35(27-30)34-18-8-9-19-36(34)43(37)32-15-4-3-5-16-32/h5-32H,1-4H3;3-31H,1-2H3;3-28H,1-2H3. The normalized spacial score (nSPS) is 17.0. The average Bonchev–Trinajstić information content (AvgIpc) is 0.780. The van der Waals surface area contributed by atoms with E-state index < -0.39 is 45.6 Å². The van der Waals surface area contributed by atoms with Gasteiger partial charge in [-0.25, -0.2) is 0 Å². The zero-order chi connectivity index (χ0) is 101. The van der Waals surface area contributed by atoms with Gasteiger partial charge in [-0.2, -0.15) is 0 Å². The summed E-state index contributed by atoms with van der Waals surface area (Å²) in [5.41, 5.74) is 19.2. The molecular formula is C139H107N2O3P3Si3. The van der Waals surface area contributed by atoms with E-state index in [2.05, 4.69) is 566 Å². The summed E-state index contributed by atoms with van der Waals surface area (Å²) >= 11 is 0. The third-order valence-corrected chi connectivity index (χ3v) is 54.9. The minimum absolute atomic E-state index is 0.115. The fraction of sp³-hybridized carbons (Fsp3) is 0.0647.